The van der Waals surface area contributed by atoms with Crippen LogP contribution in [0.5, 0.6) is 5.75 Å². The Labute approximate surface area is 274 Å². The van der Waals surface area contributed by atoms with Gasteiger partial charge in [-0.2, -0.15) is 18.9 Å². The third-order valence-corrected chi connectivity index (χ3v) is 10.4. The van der Waals surface area contributed by atoms with Crippen molar-refractivity contribution in [2.45, 2.75) is 11.8 Å². The second kappa shape index (κ2) is 13.0. The summed E-state index contributed by atoms with van der Waals surface area (Å²) in [5.74, 6) is 1.22. The van der Waals surface area contributed by atoms with E-state index in [1.165, 1.54) is 20.2 Å². The second-order valence-electron chi connectivity index (χ2n) is 10.7. The molecule has 0 spiro atoms. The maximum Gasteiger partial charge on any atom is 0.291 e. The molecule has 4 heterocycles. The summed E-state index contributed by atoms with van der Waals surface area (Å²) in [4.78, 5) is 18.7. The molecule has 6 aromatic rings. The molecule has 0 atom stereocenters. The van der Waals surface area contributed by atoms with Gasteiger partial charge in [0.05, 0.1) is 34.9 Å². The van der Waals surface area contributed by atoms with E-state index in [4.69, 9.17) is 14.6 Å². The van der Waals surface area contributed by atoms with Gasteiger partial charge in [-0.1, -0.05) is 59.9 Å². The molecular formula is C34H30N6O5S2. The number of rotatable bonds is 9. The minimum atomic E-state index is -3.73. The molecule has 1 aliphatic heterocycles. The number of para-hydroxylation sites is 1. The number of hydrogen-bond donors (Lipinski definition) is 0. The lowest BCUT2D eigenvalue weighted by Gasteiger charge is -2.26. The maximum atomic E-state index is 13.5. The average molecular weight is 667 g/mol. The van der Waals surface area contributed by atoms with E-state index in [-0.39, 0.29) is 10.5 Å². The fourth-order valence-electron chi connectivity index (χ4n) is 5.24. The summed E-state index contributed by atoms with van der Waals surface area (Å²) in [6, 6.07) is 24.0. The molecule has 1 fully saturated rings. The molecule has 13 heteroatoms. The van der Waals surface area contributed by atoms with Crippen molar-refractivity contribution in [3.05, 3.63) is 117 Å². The van der Waals surface area contributed by atoms with Crippen LogP contribution in [0.4, 0.5) is 0 Å². The lowest BCUT2D eigenvalue weighted by Crippen LogP contribution is -2.40. The van der Waals surface area contributed by atoms with Gasteiger partial charge in [-0.15, -0.1) is 5.10 Å². The highest BCUT2D eigenvalue weighted by molar-refractivity contribution is 7.89. The van der Waals surface area contributed by atoms with Crippen LogP contribution in [-0.4, -0.2) is 70.0 Å². The molecule has 0 amide bonds. The Morgan fingerprint density at radius 2 is 1.74 bits per heavy atom. The molecule has 1 aliphatic rings. The number of fused-ring (bicyclic) bond motifs is 1. The summed E-state index contributed by atoms with van der Waals surface area (Å²) < 4.78 is 42.6. The monoisotopic (exact) mass is 666 g/mol. The van der Waals surface area contributed by atoms with E-state index in [1.807, 2.05) is 79.9 Å². The molecule has 3 aromatic heterocycles. The van der Waals surface area contributed by atoms with Crippen LogP contribution in [-0.2, 0) is 14.8 Å². The van der Waals surface area contributed by atoms with E-state index in [0.29, 0.717) is 65.0 Å². The van der Waals surface area contributed by atoms with Crippen molar-refractivity contribution >= 4 is 44.5 Å². The largest absolute Gasteiger partial charge is 0.494 e. The highest BCUT2D eigenvalue weighted by Gasteiger charge is 2.27. The van der Waals surface area contributed by atoms with Gasteiger partial charge < -0.3 is 9.47 Å². The van der Waals surface area contributed by atoms with Crippen molar-refractivity contribution in [2.75, 3.05) is 32.9 Å². The van der Waals surface area contributed by atoms with Crippen LogP contribution < -0.4 is 14.8 Å². The van der Waals surface area contributed by atoms with Crippen molar-refractivity contribution < 1.29 is 17.9 Å². The highest BCUT2D eigenvalue weighted by atomic mass is 32.2. The fourth-order valence-corrected chi connectivity index (χ4v) is 7.60. The molecule has 0 radical (unpaired) electrons. The van der Waals surface area contributed by atoms with E-state index in [2.05, 4.69) is 10.1 Å². The third-order valence-electron chi connectivity index (χ3n) is 7.58. The molecule has 1 saturated heterocycles. The van der Waals surface area contributed by atoms with Crippen LogP contribution in [0, 0.1) is 0 Å². The molecular weight excluding hydrogens is 637 g/mol. The average Bonchev–Trinajstić information content (AvgIpc) is 3.80. The van der Waals surface area contributed by atoms with Gasteiger partial charge >= 0.3 is 0 Å². The summed E-state index contributed by atoms with van der Waals surface area (Å²) in [5.41, 5.74) is 3.25. The van der Waals surface area contributed by atoms with Crippen LogP contribution in [0.3, 0.4) is 0 Å². The summed E-state index contributed by atoms with van der Waals surface area (Å²) >= 11 is 1.22. The van der Waals surface area contributed by atoms with Crippen molar-refractivity contribution in [2.24, 2.45) is 0 Å². The van der Waals surface area contributed by atoms with E-state index in [1.54, 1.807) is 35.0 Å². The number of nitrogens with zero attached hydrogens (tertiary/aromatic N) is 6. The first-order valence-electron chi connectivity index (χ1n) is 15.0. The minimum absolute atomic E-state index is 0.172. The van der Waals surface area contributed by atoms with E-state index in [9.17, 15) is 13.2 Å². The number of benzene rings is 3. The topological polar surface area (TPSA) is 121 Å². The van der Waals surface area contributed by atoms with Gasteiger partial charge in [-0.05, 0) is 61.0 Å². The molecule has 0 bridgehead atoms. The van der Waals surface area contributed by atoms with Crippen LogP contribution in [0.25, 0.3) is 40.1 Å². The lowest BCUT2D eigenvalue weighted by molar-refractivity contribution is 0.0730. The Bertz CT molecular complexity index is 2290. The molecule has 11 nitrogen and oxygen atoms in total. The van der Waals surface area contributed by atoms with E-state index >= 15 is 0 Å². The first-order valence-corrected chi connectivity index (χ1v) is 17.3. The van der Waals surface area contributed by atoms with Gasteiger partial charge in [-0.3, -0.25) is 4.79 Å². The Hall–Kier alpha value is -4.95. The maximum absolute atomic E-state index is 13.5. The molecule has 3 aromatic carbocycles. The zero-order chi connectivity index (χ0) is 32.4. The zero-order valence-corrected chi connectivity index (χ0v) is 27.0. The Balaban J connectivity index is 1.25. The molecule has 0 aliphatic carbocycles. The molecule has 47 heavy (non-hydrogen) atoms. The summed E-state index contributed by atoms with van der Waals surface area (Å²) in [6.45, 7) is 3.86. The van der Waals surface area contributed by atoms with Crippen LogP contribution in [0.2, 0.25) is 0 Å². The van der Waals surface area contributed by atoms with Gasteiger partial charge in [0.15, 0.2) is 5.82 Å². The number of sulfonamides is 1. The zero-order valence-electron chi connectivity index (χ0n) is 25.4. The summed E-state index contributed by atoms with van der Waals surface area (Å²) in [5, 5.41) is 9.27. The number of hydrogen-bond acceptors (Lipinski definition) is 9. The normalized spacial score (nSPS) is 14.8. The van der Waals surface area contributed by atoms with E-state index in [0.717, 1.165) is 17.0 Å². The predicted octanol–water partition coefficient (Wildman–Crippen LogP) is 4.14. The fraction of sp³-hybridized carbons (Fsp3) is 0.176. The Morgan fingerprint density at radius 1 is 0.957 bits per heavy atom. The van der Waals surface area contributed by atoms with Gasteiger partial charge in [0.25, 0.3) is 5.56 Å². The van der Waals surface area contributed by atoms with Crippen molar-refractivity contribution in [3.63, 3.8) is 0 Å². The minimum Gasteiger partial charge on any atom is -0.494 e. The van der Waals surface area contributed by atoms with Crippen molar-refractivity contribution in [1.29, 1.82) is 0 Å². The molecule has 7 rings (SSSR count). The molecule has 0 N–H and O–H groups in total. The SMILES string of the molecule is CCOc1ccc(/C=C/c2nc3s/c(=C\c4cn(-c5ccccc5)nc4-c4cccc(S(=O)(=O)N5CCOCC5)c4)c(=O)n3n2)cc1. The second-order valence-corrected chi connectivity index (χ2v) is 13.6. The Kier molecular flexibility index (Phi) is 8.52. The van der Waals surface area contributed by atoms with Gasteiger partial charge in [-0.25, -0.2) is 13.1 Å². The van der Waals surface area contributed by atoms with Crippen LogP contribution in [0.1, 0.15) is 23.9 Å². The highest BCUT2D eigenvalue weighted by Crippen LogP contribution is 2.28. The predicted molar refractivity (Wildman–Crippen MR) is 181 cm³/mol. The van der Waals surface area contributed by atoms with Gasteiger partial charge in [0, 0.05) is 30.4 Å². The standard InChI is InChI=1S/C34H30N6O5S2/c1-2-45-28-14-11-24(12-15-28)13-16-31-35-34-40(36-31)33(41)30(46-34)22-26-23-39(27-8-4-3-5-9-27)37-32(26)25-7-6-10-29(21-25)47(42,43)38-17-19-44-20-18-38/h3-16,21-23H,2,17-20H2,1H3/b16-13+,30-22-. The summed E-state index contributed by atoms with van der Waals surface area (Å²) in [6.07, 6.45) is 7.22. The van der Waals surface area contributed by atoms with Crippen LogP contribution in [0.15, 0.2) is 94.7 Å². The quantitative estimate of drug-likeness (QED) is 0.226. The van der Waals surface area contributed by atoms with Gasteiger partial charge in [0.2, 0.25) is 15.0 Å². The molecule has 0 saturated carbocycles. The lowest BCUT2D eigenvalue weighted by atomic mass is 10.1. The number of ether oxygens (including phenoxy) is 2. The van der Waals surface area contributed by atoms with Crippen molar-refractivity contribution in [3.8, 4) is 22.7 Å². The third kappa shape index (κ3) is 6.38. The van der Waals surface area contributed by atoms with E-state index < -0.39 is 10.0 Å². The number of thiazole rings is 1. The summed E-state index contributed by atoms with van der Waals surface area (Å²) in [7, 11) is -3.73. The van der Waals surface area contributed by atoms with Gasteiger partial charge in [0.1, 0.15) is 11.4 Å². The Morgan fingerprint density at radius 3 is 2.49 bits per heavy atom. The molecule has 0 unspecified atom stereocenters. The first kappa shape index (κ1) is 30.7. The molecule has 238 valence electrons. The van der Waals surface area contributed by atoms with Crippen molar-refractivity contribution in [1.82, 2.24) is 28.7 Å². The van der Waals surface area contributed by atoms with Crippen LogP contribution >= 0.6 is 11.3 Å². The first-order chi connectivity index (χ1) is 22.9. The number of aromatic nitrogens is 5. The number of morpholine rings is 1. The smallest absolute Gasteiger partial charge is 0.291 e.